The second-order valence-corrected chi connectivity index (χ2v) is 8.90. The normalized spacial score (nSPS) is 11.1. The van der Waals surface area contributed by atoms with E-state index in [4.69, 9.17) is 21.5 Å². The van der Waals surface area contributed by atoms with Crippen LogP contribution in [0, 0.1) is 0 Å². The number of urea groups is 1. The third kappa shape index (κ3) is 9.34. The van der Waals surface area contributed by atoms with Crippen molar-refractivity contribution < 1.29 is 32.7 Å². The van der Waals surface area contributed by atoms with Gasteiger partial charge < -0.3 is 19.9 Å². The van der Waals surface area contributed by atoms with Crippen LogP contribution in [0.25, 0.3) is 0 Å². The average Bonchev–Trinajstić information content (AvgIpc) is 2.88. The summed E-state index contributed by atoms with van der Waals surface area (Å²) >= 11 is 5.59. The van der Waals surface area contributed by atoms with Crippen molar-refractivity contribution in [1.29, 1.82) is 0 Å². The summed E-state index contributed by atoms with van der Waals surface area (Å²) in [4.78, 5) is 35.6. The molecule has 4 N–H and O–H groups in total. The van der Waals surface area contributed by atoms with E-state index in [-0.39, 0.29) is 17.7 Å². The fourth-order valence-corrected chi connectivity index (χ4v) is 3.80. The number of alkyl halides is 3. The molecule has 0 unspecified atom stereocenters. The lowest BCUT2D eigenvalue weighted by Crippen LogP contribution is -2.20. The van der Waals surface area contributed by atoms with Crippen LogP contribution in [0.2, 0.25) is 5.02 Å². The second-order valence-electron chi connectivity index (χ2n) is 8.49. The Morgan fingerprint density at radius 1 is 0.897 bits per heavy atom. The van der Waals surface area contributed by atoms with Crippen molar-refractivity contribution in [3.05, 3.63) is 81.7 Å². The molecule has 1 aromatic heterocycles. The van der Waals surface area contributed by atoms with Crippen LogP contribution in [0.5, 0.6) is 11.5 Å². The minimum Gasteiger partial charge on any atom is -0.457 e. The first kappa shape index (κ1) is 29.5. The molecule has 208 valence electrons. The number of aryl methyl sites for hydroxylation is 1. The summed E-state index contributed by atoms with van der Waals surface area (Å²) in [5.74, 6) is 0.309. The van der Waals surface area contributed by atoms with Gasteiger partial charge in [0, 0.05) is 36.6 Å². The van der Waals surface area contributed by atoms with Gasteiger partial charge in [-0.3, -0.25) is 14.8 Å². The van der Waals surface area contributed by atoms with Crippen LogP contribution in [-0.2, 0) is 17.5 Å². The van der Waals surface area contributed by atoms with Gasteiger partial charge in [0.2, 0.25) is 5.91 Å². The number of carbonyl (C=O) groups excluding carboxylic acids is 2. The van der Waals surface area contributed by atoms with Crippen molar-refractivity contribution >= 4 is 34.9 Å². The monoisotopic (exact) mass is 566 g/mol. The number of unbranched alkanes of at least 4 members (excludes halogenated alkanes) is 3. The Kier molecular flexibility index (Phi) is 10.4. The van der Waals surface area contributed by atoms with E-state index in [1.54, 1.807) is 34.4 Å². The number of pyridine rings is 1. The molecule has 0 saturated carbocycles. The van der Waals surface area contributed by atoms with Gasteiger partial charge in [-0.1, -0.05) is 24.4 Å². The van der Waals surface area contributed by atoms with Gasteiger partial charge in [0.15, 0.2) is 0 Å². The van der Waals surface area contributed by atoms with Crippen LogP contribution in [0.3, 0.4) is 0 Å². The summed E-state index contributed by atoms with van der Waals surface area (Å²) in [6.07, 6.45) is 0.255. The average molecular weight is 567 g/mol. The van der Waals surface area contributed by atoms with Crippen molar-refractivity contribution in [2.45, 2.75) is 44.8 Å². The molecule has 0 spiro atoms. The summed E-state index contributed by atoms with van der Waals surface area (Å²) in [6.45, 7) is 0.515. The summed E-state index contributed by atoms with van der Waals surface area (Å²) < 4.78 is 46.3. The van der Waals surface area contributed by atoms with Gasteiger partial charge in [0.25, 0.3) is 5.56 Å². The van der Waals surface area contributed by atoms with E-state index >= 15 is 0 Å². The van der Waals surface area contributed by atoms with Crippen LogP contribution in [-0.4, -0.2) is 21.7 Å². The van der Waals surface area contributed by atoms with E-state index in [1.165, 1.54) is 24.3 Å². The van der Waals surface area contributed by atoms with Gasteiger partial charge in [-0.05, 0) is 61.4 Å². The number of carbonyl (C=O) groups is 2. The highest BCUT2D eigenvalue weighted by atomic mass is 35.5. The molecule has 0 saturated heterocycles. The first-order valence-electron chi connectivity index (χ1n) is 11.9. The number of hydrogen-bond acceptors (Lipinski definition) is 5. The summed E-state index contributed by atoms with van der Waals surface area (Å²) in [7, 11) is 0. The van der Waals surface area contributed by atoms with Gasteiger partial charge in [0.05, 0.1) is 10.6 Å². The van der Waals surface area contributed by atoms with Gasteiger partial charge in [0.1, 0.15) is 11.5 Å². The fraction of sp³-hybridized carbons (Fsp3) is 0.269. The van der Waals surface area contributed by atoms with E-state index in [0.717, 1.165) is 31.4 Å². The number of amides is 3. The molecule has 0 aliphatic heterocycles. The number of hydrogen-bond donors (Lipinski definition) is 4. The quantitative estimate of drug-likeness (QED) is 0.121. The lowest BCUT2D eigenvalue weighted by Gasteiger charge is -2.13. The zero-order valence-corrected chi connectivity index (χ0v) is 21.3. The molecule has 9 nitrogen and oxygen atoms in total. The van der Waals surface area contributed by atoms with Crippen molar-refractivity contribution in [3.8, 4) is 11.5 Å². The van der Waals surface area contributed by atoms with Gasteiger partial charge >= 0.3 is 12.2 Å². The molecule has 39 heavy (non-hydrogen) atoms. The van der Waals surface area contributed by atoms with Crippen molar-refractivity contribution in [2.24, 2.45) is 0 Å². The number of anilines is 2. The Balaban J connectivity index is 1.48. The van der Waals surface area contributed by atoms with Gasteiger partial charge in [-0.15, -0.1) is 0 Å². The molecule has 3 aromatic rings. The number of nitrogens with one attached hydrogen (secondary N) is 3. The lowest BCUT2D eigenvalue weighted by molar-refractivity contribution is -0.137. The maximum absolute atomic E-state index is 13.0. The number of halogens is 4. The second kappa shape index (κ2) is 13.7. The molecule has 2 aromatic carbocycles. The van der Waals surface area contributed by atoms with E-state index in [2.05, 4.69) is 10.6 Å². The fourth-order valence-electron chi connectivity index (χ4n) is 3.57. The number of benzene rings is 2. The van der Waals surface area contributed by atoms with Crippen molar-refractivity contribution in [2.75, 3.05) is 10.6 Å². The molecule has 0 aliphatic rings. The first-order valence-corrected chi connectivity index (χ1v) is 12.3. The Bertz CT molecular complexity index is 1350. The molecule has 0 fully saturated rings. The maximum atomic E-state index is 13.0. The molecular weight excluding hydrogens is 541 g/mol. The van der Waals surface area contributed by atoms with E-state index in [9.17, 15) is 27.6 Å². The van der Waals surface area contributed by atoms with Crippen LogP contribution >= 0.6 is 11.6 Å². The Morgan fingerprint density at radius 2 is 1.56 bits per heavy atom. The highest BCUT2D eigenvalue weighted by molar-refractivity contribution is 6.31. The van der Waals surface area contributed by atoms with Crippen molar-refractivity contribution in [1.82, 2.24) is 10.0 Å². The summed E-state index contributed by atoms with van der Waals surface area (Å²) in [5, 5.41) is 12.8. The Morgan fingerprint density at radius 3 is 2.23 bits per heavy atom. The molecule has 13 heteroatoms. The predicted molar refractivity (Wildman–Crippen MR) is 139 cm³/mol. The zero-order valence-electron chi connectivity index (χ0n) is 20.6. The highest BCUT2D eigenvalue weighted by Gasteiger charge is 2.33. The molecule has 0 aliphatic carbocycles. The summed E-state index contributed by atoms with van der Waals surface area (Å²) in [5.41, 5.74) is 0.574. The number of aromatic nitrogens is 1. The molecular formula is C26H26ClF3N4O5. The largest absolute Gasteiger partial charge is 0.457 e. The minimum atomic E-state index is -4.66. The Hall–Kier alpha value is -4.03. The lowest BCUT2D eigenvalue weighted by atomic mass is 10.1. The van der Waals surface area contributed by atoms with Crippen LogP contribution in [0.15, 0.2) is 65.6 Å². The van der Waals surface area contributed by atoms with Crippen LogP contribution in [0.1, 0.15) is 37.7 Å². The number of nitrogens with zero attached hydrogens (tertiary/aromatic N) is 1. The molecule has 3 rings (SSSR count). The molecule has 0 bridgehead atoms. The van der Waals surface area contributed by atoms with E-state index in [1.807, 2.05) is 0 Å². The maximum Gasteiger partial charge on any atom is 0.417 e. The SMILES string of the molecule is O=C(CCCCCCn1ccc(Oc2ccc(NC(=O)Nc3ccc(Cl)c(C(F)(F)F)c3)cc2)cc1=O)NO. The van der Waals surface area contributed by atoms with Crippen molar-refractivity contribution in [3.63, 3.8) is 0 Å². The highest BCUT2D eigenvalue weighted by Crippen LogP contribution is 2.36. The standard InChI is InChI=1S/C26H26ClF3N4O5/c27-22-11-8-18(15-21(22)26(28,29)30)32-25(37)31-17-6-9-19(10-7-17)39-20-12-14-34(24(36)16-20)13-4-2-1-3-5-23(35)33-38/h6-12,14-16,38H,1-5,13H2,(H,33,35)(H2,31,32,37). The molecule has 0 atom stereocenters. The smallest absolute Gasteiger partial charge is 0.417 e. The van der Waals surface area contributed by atoms with Crippen LogP contribution in [0.4, 0.5) is 29.3 Å². The van der Waals surface area contributed by atoms with Gasteiger partial charge in [-0.25, -0.2) is 10.3 Å². The predicted octanol–water partition coefficient (Wildman–Crippen LogP) is 6.41. The summed E-state index contributed by atoms with van der Waals surface area (Å²) in [6, 6.07) is 11.5. The van der Waals surface area contributed by atoms with E-state index < -0.39 is 28.7 Å². The minimum absolute atomic E-state index is 0.0778. The Labute approximate surface area is 226 Å². The van der Waals surface area contributed by atoms with Gasteiger partial charge in [-0.2, -0.15) is 13.2 Å². The van der Waals surface area contributed by atoms with E-state index in [0.29, 0.717) is 30.2 Å². The third-order valence-corrected chi connectivity index (χ3v) is 5.85. The zero-order chi connectivity index (χ0) is 28.4. The third-order valence-electron chi connectivity index (χ3n) is 5.52. The topological polar surface area (TPSA) is 122 Å². The number of ether oxygens (including phenoxy) is 1. The first-order chi connectivity index (χ1) is 18.5. The molecule has 3 amide bonds. The molecule has 0 radical (unpaired) electrons. The van der Waals surface area contributed by atoms with Crippen LogP contribution < -0.4 is 26.4 Å². The number of hydroxylamine groups is 1. The number of rotatable bonds is 11. The molecule has 1 heterocycles.